The summed E-state index contributed by atoms with van der Waals surface area (Å²) in [6.07, 6.45) is 3.90. The number of benzene rings is 1. The average molecular weight is 266 g/mol. The van der Waals surface area contributed by atoms with Crippen LogP contribution in [0.25, 0.3) is 0 Å². The fraction of sp³-hybridized carbons (Fsp3) is 0.500. The molecule has 1 aliphatic carbocycles. The summed E-state index contributed by atoms with van der Waals surface area (Å²) >= 11 is 0. The Kier molecular flexibility index (Phi) is 4.37. The van der Waals surface area contributed by atoms with Gasteiger partial charge in [0.2, 0.25) is 0 Å². The van der Waals surface area contributed by atoms with Crippen molar-refractivity contribution in [2.75, 3.05) is 12.3 Å². The molecule has 19 heavy (non-hydrogen) atoms. The minimum absolute atomic E-state index is 0.0318. The van der Waals surface area contributed by atoms with Crippen LogP contribution in [0.3, 0.4) is 0 Å². The summed E-state index contributed by atoms with van der Waals surface area (Å²) in [5.74, 6) is -0.665. The van der Waals surface area contributed by atoms with E-state index in [1.165, 1.54) is 12.1 Å². The molecule has 1 amide bonds. The normalized spacial score (nSPS) is 23.1. The van der Waals surface area contributed by atoms with Gasteiger partial charge in [0.15, 0.2) is 0 Å². The van der Waals surface area contributed by atoms with E-state index in [9.17, 15) is 14.3 Å². The highest BCUT2D eigenvalue weighted by Gasteiger charge is 2.26. The Bertz CT molecular complexity index is 465. The van der Waals surface area contributed by atoms with Crippen molar-refractivity contribution in [1.29, 1.82) is 0 Å². The van der Waals surface area contributed by atoms with Gasteiger partial charge < -0.3 is 16.2 Å². The van der Waals surface area contributed by atoms with E-state index in [4.69, 9.17) is 5.73 Å². The molecule has 0 radical (unpaired) electrons. The summed E-state index contributed by atoms with van der Waals surface area (Å²) in [4.78, 5) is 12.1. The molecule has 5 heteroatoms. The number of nitrogen functional groups attached to an aromatic ring is 1. The van der Waals surface area contributed by atoms with Gasteiger partial charge in [0.1, 0.15) is 5.82 Å². The van der Waals surface area contributed by atoms with Crippen LogP contribution in [0.15, 0.2) is 18.2 Å². The van der Waals surface area contributed by atoms with Crippen LogP contribution in [0, 0.1) is 11.7 Å². The van der Waals surface area contributed by atoms with E-state index < -0.39 is 5.82 Å². The van der Waals surface area contributed by atoms with Gasteiger partial charge >= 0.3 is 0 Å². The number of hydrogen-bond donors (Lipinski definition) is 3. The minimum Gasteiger partial charge on any atom is -0.398 e. The van der Waals surface area contributed by atoms with Gasteiger partial charge in [0, 0.05) is 24.3 Å². The number of aliphatic hydroxyl groups excluding tert-OH is 1. The zero-order chi connectivity index (χ0) is 13.8. The second kappa shape index (κ2) is 6.02. The Morgan fingerprint density at radius 2 is 2.16 bits per heavy atom. The molecule has 1 fully saturated rings. The lowest BCUT2D eigenvalue weighted by Gasteiger charge is -2.31. The number of amides is 1. The van der Waals surface area contributed by atoms with Gasteiger partial charge in [-0.1, -0.05) is 12.8 Å². The van der Waals surface area contributed by atoms with E-state index in [2.05, 4.69) is 5.32 Å². The first kappa shape index (κ1) is 13.8. The number of nitrogens with two attached hydrogens (primary N) is 1. The first-order valence-corrected chi connectivity index (χ1v) is 6.58. The SMILES string of the molecule is Nc1cc(F)ccc1C(=O)NC1CCCCC1CO. The molecule has 2 rings (SSSR count). The Hall–Kier alpha value is -1.62. The minimum atomic E-state index is -0.458. The molecule has 1 aliphatic rings. The number of hydrogen-bond acceptors (Lipinski definition) is 3. The van der Waals surface area contributed by atoms with E-state index >= 15 is 0 Å². The van der Waals surface area contributed by atoms with E-state index in [0.29, 0.717) is 0 Å². The molecule has 1 aromatic carbocycles. The molecule has 1 aromatic rings. The molecule has 0 saturated heterocycles. The maximum absolute atomic E-state index is 12.9. The van der Waals surface area contributed by atoms with Crippen molar-refractivity contribution < 1.29 is 14.3 Å². The first-order chi connectivity index (χ1) is 9.11. The zero-order valence-corrected chi connectivity index (χ0v) is 10.7. The number of carbonyl (C=O) groups excluding carboxylic acids is 1. The molecule has 0 aliphatic heterocycles. The Balaban J connectivity index is 2.07. The van der Waals surface area contributed by atoms with Crippen LogP contribution in [0.2, 0.25) is 0 Å². The van der Waals surface area contributed by atoms with Crippen LogP contribution in [0.5, 0.6) is 0 Å². The van der Waals surface area contributed by atoms with Gasteiger partial charge in [-0.2, -0.15) is 0 Å². The van der Waals surface area contributed by atoms with Gasteiger partial charge in [-0.05, 0) is 31.0 Å². The van der Waals surface area contributed by atoms with Crippen LogP contribution in [-0.4, -0.2) is 23.7 Å². The van der Waals surface area contributed by atoms with Crippen molar-refractivity contribution >= 4 is 11.6 Å². The van der Waals surface area contributed by atoms with Crippen LogP contribution >= 0.6 is 0 Å². The van der Waals surface area contributed by atoms with Crippen molar-refractivity contribution in [3.63, 3.8) is 0 Å². The highest BCUT2D eigenvalue weighted by molar-refractivity contribution is 5.99. The number of rotatable bonds is 3. The lowest BCUT2D eigenvalue weighted by Crippen LogP contribution is -2.43. The Morgan fingerprint density at radius 1 is 1.42 bits per heavy atom. The molecule has 0 bridgehead atoms. The van der Waals surface area contributed by atoms with E-state index in [1.807, 2.05) is 0 Å². The Morgan fingerprint density at radius 3 is 2.84 bits per heavy atom. The molecule has 0 spiro atoms. The topological polar surface area (TPSA) is 75.4 Å². The molecule has 4 N–H and O–H groups in total. The molecule has 104 valence electrons. The summed E-state index contributed by atoms with van der Waals surface area (Å²) in [7, 11) is 0. The maximum atomic E-state index is 12.9. The number of anilines is 1. The molecule has 2 atom stereocenters. The smallest absolute Gasteiger partial charge is 0.253 e. The molecule has 0 heterocycles. The van der Waals surface area contributed by atoms with Crippen molar-refractivity contribution in [2.45, 2.75) is 31.7 Å². The summed E-state index contributed by atoms with van der Waals surface area (Å²) in [6, 6.07) is 3.71. The van der Waals surface area contributed by atoms with Crippen molar-refractivity contribution in [3.8, 4) is 0 Å². The van der Waals surface area contributed by atoms with Gasteiger partial charge in [0.25, 0.3) is 5.91 Å². The van der Waals surface area contributed by atoms with Crippen molar-refractivity contribution in [2.24, 2.45) is 5.92 Å². The second-order valence-corrected chi connectivity index (χ2v) is 5.04. The second-order valence-electron chi connectivity index (χ2n) is 5.04. The molecule has 4 nitrogen and oxygen atoms in total. The van der Waals surface area contributed by atoms with E-state index in [-0.39, 0.29) is 35.7 Å². The van der Waals surface area contributed by atoms with Crippen LogP contribution in [-0.2, 0) is 0 Å². The summed E-state index contributed by atoms with van der Waals surface area (Å²) in [5.41, 5.74) is 6.06. The summed E-state index contributed by atoms with van der Waals surface area (Å²) in [6.45, 7) is 0.0733. The fourth-order valence-corrected chi connectivity index (χ4v) is 2.60. The molecule has 0 aromatic heterocycles. The standard InChI is InChI=1S/C14H19FN2O2/c15-10-5-6-11(12(16)7-10)14(19)17-13-4-2-1-3-9(13)8-18/h5-7,9,13,18H,1-4,8,16H2,(H,17,19). The van der Waals surface area contributed by atoms with Gasteiger partial charge in [-0.25, -0.2) is 4.39 Å². The molecule has 2 unspecified atom stereocenters. The predicted octanol–water partition coefficient (Wildman–Crippen LogP) is 1.69. The molecular weight excluding hydrogens is 247 g/mol. The number of carbonyl (C=O) groups is 1. The van der Waals surface area contributed by atoms with Gasteiger partial charge in [-0.15, -0.1) is 0 Å². The summed E-state index contributed by atoms with van der Waals surface area (Å²) < 4.78 is 12.9. The third kappa shape index (κ3) is 3.23. The molecular formula is C14H19FN2O2. The van der Waals surface area contributed by atoms with Crippen molar-refractivity contribution in [1.82, 2.24) is 5.32 Å². The lowest BCUT2D eigenvalue weighted by molar-refractivity contribution is 0.0873. The maximum Gasteiger partial charge on any atom is 0.253 e. The number of halogens is 1. The fourth-order valence-electron chi connectivity index (χ4n) is 2.60. The van der Waals surface area contributed by atoms with Crippen LogP contribution in [0.1, 0.15) is 36.0 Å². The lowest BCUT2D eigenvalue weighted by atomic mass is 9.85. The van der Waals surface area contributed by atoms with Crippen LogP contribution < -0.4 is 11.1 Å². The zero-order valence-electron chi connectivity index (χ0n) is 10.7. The third-order valence-corrected chi connectivity index (χ3v) is 3.72. The monoisotopic (exact) mass is 266 g/mol. The summed E-state index contributed by atoms with van der Waals surface area (Å²) in [5, 5.41) is 12.2. The largest absolute Gasteiger partial charge is 0.398 e. The third-order valence-electron chi connectivity index (χ3n) is 3.72. The van der Waals surface area contributed by atoms with E-state index in [0.717, 1.165) is 31.7 Å². The quantitative estimate of drug-likeness (QED) is 0.729. The number of aliphatic hydroxyl groups is 1. The number of nitrogens with one attached hydrogen (secondary N) is 1. The molecule has 1 saturated carbocycles. The average Bonchev–Trinajstić information content (AvgIpc) is 2.39. The highest BCUT2D eigenvalue weighted by atomic mass is 19.1. The van der Waals surface area contributed by atoms with Crippen LogP contribution in [0.4, 0.5) is 10.1 Å². The van der Waals surface area contributed by atoms with Gasteiger partial charge in [0.05, 0.1) is 5.56 Å². The highest BCUT2D eigenvalue weighted by Crippen LogP contribution is 2.24. The van der Waals surface area contributed by atoms with Gasteiger partial charge in [-0.3, -0.25) is 4.79 Å². The first-order valence-electron chi connectivity index (χ1n) is 6.58. The van der Waals surface area contributed by atoms with E-state index in [1.54, 1.807) is 0 Å². The Labute approximate surface area is 111 Å². The predicted molar refractivity (Wildman–Crippen MR) is 71.1 cm³/mol. The van der Waals surface area contributed by atoms with Crippen molar-refractivity contribution in [3.05, 3.63) is 29.6 Å².